The van der Waals surface area contributed by atoms with E-state index in [1.165, 1.54) is 11.1 Å². The maximum Gasteiger partial charge on any atom is 0.251 e. The Bertz CT molecular complexity index is 1380. The molecule has 4 aromatic rings. The van der Waals surface area contributed by atoms with Crippen molar-refractivity contribution in [2.24, 2.45) is 0 Å². The Labute approximate surface area is 234 Å². The van der Waals surface area contributed by atoms with Crippen LogP contribution in [0.1, 0.15) is 38.3 Å². The number of carbonyl (C=O) groups excluding carboxylic acids is 1. The van der Waals surface area contributed by atoms with E-state index in [1.807, 2.05) is 60.8 Å². The maximum absolute atomic E-state index is 13.0. The summed E-state index contributed by atoms with van der Waals surface area (Å²) >= 11 is 5.97. The molecule has 39 heavy (non-hydrogen) atoms. The molecule has 7 heteroatoms. The third-order valence-electron chi connectivity index (χ3n) is 6.63. The van der Waals surface area contributed by atoms with Gasteiger partial charge in [-0.2, -0.15) is 0 Å². The van der Waals surface area contributed by atoms with Gasteiger partial charge < -0.3 is 14.8 Å². The van der Waals surface area contributed by atoms with Crippen LogP contribution in [0.15, 0.2) is 91.1 Å². The van der Waals surface area contributed by atoms with E-state index in [2.05, 4.69) is 45.5 Å². The lowest BCUT2D eigenvalue weighted by atomic mass is 9.99. The summed E-state index contributed by atoms with van der Waals surface area (Å²) in [5.41, 5.74) is 5.98. The Morgan fingerprint density at radius 2 is 1.79 bits per heavy atom. The summed E-state index contributed by atoms with van der Waals surface area (Å²) in [5.74, 6) is 0.640. The number of nitrogens with one attached hydrogen (secondary N) is 1. The molecule has 1 aromatic heterocycles. The largest absolute Gasteiger partial charge is 0.491 e. The molecule has 0 saturated heterocycles. The van der Waals surface area contributed by atoms with Crippen molar-refractivity contribution in [2.45, 2.75) is 26.1 Å². The average molecular weight is 542 g/mol. The molecule has 1 N–H and O–H groups in total. The summed E-state index contributed by atoms with van der Waals surface area (Å²) in [7, 11) is 0. The van der Waals surface area contributed by atoms with Crippen molar-refractivity contribution in [2.75, 3.05) is 26.4 Å². The SMILES string of the molecule is O=C(NCc1ccc(Cl)cc1)c1ccc2c(c1)Cc1cccc(c1)CN(Cc1ccccn1)CCOCCO2. The van der Waals surface area contributed by atoms with Crippen molar-refractivity contribution < 1.29 is 14.3 Å². The van der Waals surface area contributed by atoms with Crippen LogP contribution in [0.4, 0.5) is 0 Å². The second kappa shape index (κ2) is 13.4. The fourth-order valence-electron chi connectivity index (χ4n) is 4.64. The number of nitrogens with zero attached hydrogens (tertiary/aromatic N) is 2. The lowest BCUT2D eigenvalue weighted by Gasteiger charge is -2.23. The summed E-state index contributed by atoms with van der Waals surface area (Å²) in [6.07, 6.45) is 2.49. The number of rotatable bonds is 5. The smallest absolute Gasteiger partial charge is 0.251 e. The number of pyridine rings is 1. The predicted octanol–water partition coefficient (Wildman–Crippen LogP) is 5.67. The van der Waals surface area contributed by atoms with Crippen molar-refractivity contribution in [3.63, 3.8) is 0 Å². The van der Waals surface area contributed by atoms with Crippen LogP contribution in [0.3, 0.4) is 0 Å². The number of halogens is 1. The number of hydrogen-bond acceptors (Lipinski definition) is 5. The number of hydrogen-bond donors (Lipinski definition) is 1. The van der Waals surface area contributed by atoms with Gasteiger partial charge in [0.2, 0.25) is 0 Å². The maximum atomic E-state index is 13.0. The van der Waals surface area contributed by atoms with Gasteiger partial charge in [0.05, 0.1) is 18.9 Å². The minimum atomic E-state index is -0.130. The molecule has 0 saturated carbocycles. The number of carbonyl (C=O) groups is 1. The molecule has 1 aliphatic heterocycles. The summed E-state index contributed by atoms with van der Waals surface area (Å²) in [6.45, 7) is 4.31. The first-order valence-electron chi connectivity index (χ1n) is 13.2. The first kappa shape index (κ1) is 26.9. The van der Waals surface area contributed by atoms with E-state index in [1.54, 1.807) is 0 Å². The van der Waals surface area contributed by atoms with Crippen molar-refractivity contribution in [3.05, 3.63) is 130 Å². The molecule has 1 amide bonds. The Morgan fingerprint density at radius 3 is 2.64 bits per heavy atom. The third-order valence-corrected chi connectivity index (χ3v) is 6.88. The monoisotopic (exact) mass is 541 g/mol. The van der Waals surface area contributed by atoms with Crippen LogP contribution in [-0.4, -0.2) is 42.2 Å². The van der Waals surface area contributed by atoms with Gasteiger partial charge >= 0.3 is 0 Å². The molecule has 0 aliphatic carbocycles. The molecule has 6 nitrogen and oxygen atoms in total. The van der Waals surface area contributed by atoms with Gasteiger partial charge in [-0.1, -0.05) is 54.1 Å². The van der Waals surface area contributed by atoms with E-state index in [9.17, 15) is 4.79 Å². The second-order valence-electron chi connectivity index (χ2n) is 9.62. The number of amides is 1. The Morgan fingerprint density at radius 1 is 0.923 bits per heavy atom. The van der Waals surface area contributed by atoms with Gasteiger partial charge in [0, 0.05) is 49.4 Å². The van der Waals surface area contributed by atoms with E-state index in [0.29, 0.717) is 43.4 Å². The number of fused-ring (bicyclic) bond motifs is 3. The van der Waals surface area contributed by atoms with Gasteiger partial charge in [-0.3, -0.25) is 14.7 Å². The highest BCUT2D eigenvalue weighted by Crippen LogP contribution is 2.25. The molecule has 200 valence electrons. The fourth-order valence-corrected chi connectivity index (χ4v) is 4.77. The summed E-state index contributed by atoms with van der Waals surface area (Å²) in [6, 6.07) is 27.7. The lowest BCUT2D eigenvalue weighted by molar-refractivity contribution is 0.0754. The quantitative estimate of drug-likeness (QED) is 0.353. The molecule has 0 spiro atoms. The molecule has 0 radical (unpaired) electrons. The summed E-state index contributed by atoms with van der Waals surface area (Å²) < 4.78 is 12.0. The van der Waals surface area contributed by atoms with Gasteiger partial charge in [-0.15, -0.1) is 0 Å². The van der Waals surface area contributed by atoms with E-state index in [-0.39, 0.29) is 5.91 Å². The molecule has 0 unspecified atom stereocenters. The summed E-state index contributed by atoms with van der Waals surface area (Å²) in [5, 5.41) is 3.68. The Balaban J connectivity index is 1.34. The standard InChI is InChI=1S/C32H32ClN3O3/c33-29-10-7-24(8-11-29)21-35-32(37)27-9-12-31-28(20-27)19-25-4-3-5-26(18-25)22-36(14-15-38-16-17-39-31)23-30-6-1-2-13-34-30/h1-13,18,20H,14-17,19,21-23H2,(H,35,37). The molecule has 1 aliphatic rings. The van der Waals surface area contributed by atoms with Crippen LogP contribution in [-0.2, 0) is 30.8 Å². The van der Waals surface area contributed by atoms with Gasteiger partial charge in [-0.05, 0) is 64.7 Å². The van der Waals surface area contributed by atoms with E-state index >= 15 is 0 Å². The average Bonchev–Trinajstić information content (AvgIpc) is 2.95. The van der Waals surface area contributed by atoms with Gasteiger partial charge in [0.1, 0.15) is 12.4 Å². The normalized spacial score (nSPS) is 14.5. The van der Waals surface area contributed by atoms with Crippen LogP contribution in [0.5, 0.6) is 5.75 Å². The number of benzene rings is 3. The van der Waals surface area contributed by atoms with Gasteiger partial charge in [0.25, 0.3) is 5.91 Å². The van der Waals surface area contributed by atoms with Crippen molar-refractivity contribution >= 4 is 17.5 Å². The Hall–Kier alpha value is -3.71. The second-order valence-corrected chi connectivity index (χ2v) is 10.1. The zero-order chi connectivity index (χ0) is 26.9. The van der Waals surface area contributed by atoms with E-state index in [4.69, 9.17) is 21.1 Å². The molecular formula is C32H32ClN3O3. The number of ether oxygens (including phenoxy) is 2. The van der Waals surface area contributed by atoms with Crippen LogP contribution >= 0.6 is 11.6 Å². The molecule has 5 rings (SSSR count). The van der Waals surface area contributed by atoms with E-state index < -0.39 is 0 Å². The van der Waals surface area contributed by atoms with Crippen molar-refractivity contribution in [3.8, 4) is 5.75 Å². The molecule has 2 bridgehead atoms. The molecular weight excluding hydrogens is 510 g/mol. The lowest BCUT2D eigenvalue weighted by Crippen LogP contribution is -2.28. The van der Waals surface area contributed by atoms with Crippen LogP contribution in [0, 0.1) is 0 Å². The molecule has 3 aromatic carbocycles. The van der Waals surface area contributed by atoms with Crippen molar-refractivity contribution in [1.29, 1.82) is 0 Å². The van der Waals surface area contributed by atoms with Crippen LogP contribution in [0.2, 0.25) is 5.02 Å². The minimum Gasteiger partial charge on any atom is -0.491 e. The third kappa shape index (κ3) is 7.90. The predicted molar refractivity (Wildman–Crippen MR) is 153 cm³/mol. The van der Waals surface area contributed by atoms with Gasteiger partial charge in [-0.25, -0.2) is 0 Å². The summed E-state index contributed by atoms with van der Waals surface area (Å²) in [4.78, 5) is 19.8. The Kier molecular flexibility index (Phi) is 9.22. The fraction of sp³-hybridized carbons (Fsp3) is 0.250. The molecule has 0 atom stereocenters. The first-order valence-corrected chi connectivity index (χ1v) is 13.6. The van der Waals surface area contributed by atoms with Crippen LogP contribution in [0.25, 0.3) is 0 Å². The van der Waals surface area contributed by atoms with Crippen LogP contribution < -0.4 is 10.1 Å². The highest BCUT2D eigenvalue weighted by molar-refractivity contribution is 6.30. The minimum absolute atomic E-state index is 0.130. The van der Waals surface area contributed by atoms with Crippen molar-refractivity contribution in [1.82, 2.24) is 15.2 Å². The zero-order valence-corrected chi connectivity index (χ0v) is 22.6. The topological polar surface area (TPSA) is 63.7 Å². The van der Waals surface area contributed by atoms with Gasteiger partial charge in [0.15, 0.2) is 0 Å². The highest BCUT2D eigenvalue weighted by Gasteiger charge is 2.14. The highest BCUT2D eigenvalue weighted by atomic mass is 35.5. The molecule has 0 fully saturated rings. The molecule has 2 heterocycles. The first-order chi connectivity index (χ1) is 19.1. The zero-order valence-electron chi connectivity index (χ0n) is 21.8. The number of aromatic nitrogens is 1. The van der Waals surface area contributed by atoms with E-state index in [0.717, 1.165) is 42.2 Å².